The third-order valence-corrected chi connectivity index (χ3v) is 3.89. The van der Waals surface area contributed by atoms with Gasteiger partial charge in [-0.1, -0.05) is 35.9 Å². The van der Waals surface area contributed by atoms with E-state index in [9.17, 15) is 10.1 Å². The fourth-order valence-electron chi connectivity index (χ4n) is 2.25. The minimum atomic E-state index is -0.662. The third kappa shape index (κ3) is 5.77. The van der Waals surface area contributed by atoms with Crippen molar-refractivity contribution in [3.05, 3.63) is 64.2 Å². The van der Waals surface area contributed by atoms with Crippen LogP contribution in [0, 0.1) is 11.3 Å². The van der Waals surface area contributed by atoms with E-state index in [0.29, 0.717) is 22.1 Å². The highest BCUT2D eigenvalue weighted by molar-refractivity contribution is 6.31. The number of hydrogen-bond acceptors (Lipinski definition) is 5. The molecule has 2 rings (SSSR count). The maximum atomic E-state index is 11.9. The van der Waals surface area contributed by atoms with Crippen molar-refractivity contribution >= 4 is 23.6 Å². The van der Waals surface area contributed by atoms with Gasteiger partial charge in [0.25, 0.3) is 0 Å². The quantitative estimate of drug-likeness (QED) is 0.389. The Morgan fingerprint density at radius 1 is 1.22 bits per heavy atom. The SMILES string of the molecule is COc1cc(C=C(C#N)C(=O)OC(C)C)ccc1OCc1ccccc1Cl. The largest absolute Gasteiger partial charge is 0.493 e. The summed E-state index contributed by atoms with van der Waals surface area (Å²) in [5, 5.41) is 9.82. The average molecular weight is 386 g/mol. The van der Waals surface area contributed by atoms with Gasteiger partial charge in [-0.3, -0.25) is 0 Å². The maximum Gasteiger partial charge on any atom is 0.349 e. The van der Waals surface area contributed by atoms with Gasteiger partial charge in [-0.25, -0.2) is 4.79 Å². The van der Waals surface area contributed by atoms with Crippen LogP contribution < -0.4 is 9.47 Å². The van der Waals surface area contributed by atoms with Crippen molar-refractivity contribution in [3.63, 3.8) is 0 Å². The molecule has 0 radical (unpaired) electrons. The average Bonchev–Trinajstić information content (AvgIpc) is 2.65. The summed E-state index contributed by atoms with van der Waals surface area (Å²) in [4.78, 5) is 11.9. The number of carbonyl (C=O) groups excluding carboxylic acids is 1. The first-order valence-corrected chi connectivity index (χ1v) is 8.69. The highest BCUT2D eigenvalue weighted by Gasteiger charge is 2.13. The van der Waals surface area contributed by atoms with Gasteiger partial charge < -0.3 is 14.2 Å². The minimum absolute atomic E-state index is 0.0875. The predicted octanol–water partition coefficient (Wildman–Crippen LogP) is 4.79. The molecule has 0 N–H and O–H groups in total. The van der Waals surface area contributed by atoms with E-state index in [-0.39, 0.29) is 18.3 Å². The Hall–Kier alpha value is -2.97. The molecule has 0 aliphatic carbocycles. The highest BCUT2D eigenvalue weighted by atomic mass is 35.5. The summed E-state index contributed by atoms with van der Waals surface area (Å²) in [5.74, 6) is 0.341. The fraction of sp³-hybridized carbons (Fsp3) is 0.238. The van der Waals surface area contributed by atoms with Crippen LogP contribution in [-0.2, 0) is 16.1 Å². The summed E-state index contributed by atoms with van der Waals surface area (Å²) in [5.41, 5.74) is 1.39. The van der Waals surface area contributed by atoms with Crippen LogP contribution >= 0.6 is 11.6 Å². The van der Waals surface area contributed by atoms with E-state index in [4.69, 9.17) is 25.8 Å². The van der Waals surface area contributed by atoms with Crippen molar-refractivity contribution in [2.75, 3.05) is 7.11 Å². The molecule has 0 spiro atoms. The van der Waals surface area contributed by atoms with Crippen molar-refractivity contribution < 1.29 is 19.0 Å². The number of esters is 1. The summed E-state index contributed by atoms with van der Waals surface area (Å²) in [6.45, 7) is 3.73. The van der Waals surface area contributed by atoms with Crippen LogP contribution in [0.1, 0.15) is 25.0 Å². The van der Waals surface area contributed by atoms with Gasteiger partial charge in [0.1, 0.15) is 18.2 Å². The lowest BCUT2D eigenvalue weighted by Crippen LogP contribution is -2.12. The summed E-state index contributed by atoms with van der Waals surface area (Å²) >= 11 is 6.13. The predicted molar refractivity (Wildman–Crippen MR) is 104 cm³/mol. The van der Waals surface area contributed by atoms with Crippen LogP contribution in [0.2, 0.25) is 5.02 Å². The zero-order valence-electron chi connectivity index (χ0n) is 15.4. The molecular weight excluding hydrogens is 366 g/mol. The molecule has 0 saturated carbocycles. The molecule has 0 atom stereocenters. The lowest BCUT2D eigenvalue weighted by atomic mass is 10.1. The van der Waals surface area contributed by atoms with Gasteiger partial charge in [0.2, 0.25) is 0 Å². The Labute approximate surface area is 163 Å². The number of nitrogens with zero attached hydrogens (tertiary/aromatic N) is 1. The van der Waals surface area contributed by atoms with E-state index in [2.05, 4.69) is 0 Å². The molecule has 0 aliphatic heterocycles. The molecule has 0 saturated heterocycles. The molecule has 0 aromatic heterocycles. The number of carbonyl (C=O) groups is 1. The second-order valence-electron chi connectivity index (χ2n) is 5.91. The second-order valence-corrected chi connectivity index (χ2v) is 6.32. The molecule has 140 valence electrons. The number of nitriles is 1. The number of methoxy groups -OCH3 is 1. The summed E-state index contributed by atoms with van der Waals surface area (Å²) in [6.07, 6.45) is 1.15. The molecule has 5 nitrogen and oxygen atoms in total. The van der Waals surface area contributed by atoms with E-state index in [1.165, 1.54) is 13.2 Å². The fourth-order valence-corrected chi connectivity index (χ4v) is 2.44. The smallest absolute Gasteiger partial charge is 0.349 e. The maximum absolute atomic E-state index is 11.9. The summed E-state index contributed by atoms with van der Waals surface area (Å²) < 4.78 is 16.2. The van der Waals surface area contributed by atoms with E-state index < -0.39 is 5.97 Å². The van der Waals surface area contributed by atoms with Gasteiger partial charge in [0.15, 0.2) is 11.5 Å². The molecular formula is C21H20ClNO4. The minimum Gasteiger partial charge on any atom is -0.493 e. The van der Waals surface area contributed by atoms with Crippen LogP contribution in [0.25, 0.3) is 6.08 Å². The molecule has 2 aromatic carbocycles. The standard InChI is InChI=1S/C21H20ClNO4/c1-14(2)27-21(24)17(12-23)10-15-8-9-19(20(11-15)25-3)26-13-16-6-4-5-7-18(16)22/h4-11,14H,13H2,1-3H3. The molecule has 0 aliphatic rings. The molecule has 6 heteroatoms. The van der Waals surface area contributed by atoms with Crippen LogP contribution in [0.15, 0.2) is 48.0 Å². The Balaban J connectivity index is 2.20. The van der Waals surface area contributed by atoms with Crippen molar-refractivity contribution in [1.82, 2.24) is 0 Å². The number of halogens is 1. The number of benzene rings is 2. The van der Waals surface area contributed by atoms with Crippen LogP contribution in [0.5, 0.6) is 11.5 Å². The Kier molecular flexibility index (Phi) is 7.27. The lowest BCUT2D eigenvalue weighted by molar-refractivity contribution is -0.142. The van der Waals surface area contributed by atoms with E-state index in [0.717, 1.165) is 5.56 Å². The number of hydrogen-bond donors (Lipinski definition) is 0. The van der Waals surface area contributed by atoms with Gasteiger partial charge in [-0.15, -0.1) is 0 Å². The van der Waals surface area contributed by atoms with E-state index >= 15 is 0 Å². The van der Waals surface area contributed by atoms with Gasteiger partial charge in [-0.2, -0.15) is 5.26 Å². The van der Waals surface area contributed by atoms with Gasteiger partial charge in [0, 0.05) is 10.6 Å². The Morgan fingerprint density at radius 3 is 2.59 bits per heavy atom. The first kappa shape index (κ1) is 20.3. The molecule has 2 aromatic rings. The van der Waals surface area contributed by atoms with Crippen molar-refractivity contribution in [3.8, 4) is 17.6 Å². The normalized spacial score (nSPS) is 11.0. The number of ether oxygens (including phenoxy) is 3. The van der Waals surface area contributed by atoms with Gasteiger partial charge in [-0.05, 0) is 43.7 Å². The van der Waals surface area contributed by atoms with Crippen LogP contribution in [0.3, 0.4) is 0 Å². The number of rotatable bonds is 7. The Bertz CT molecular complexity index is 884. The molecule has 27 heavy (non-hydrogen) atoms. The topological polar surface area (TPSA) is 68.5 Å². The van der Waals surface area contributed by atoms with Crippen molar-refractivity contribution in [1.29, 1.82) is 5.26 Å². The lowest BCUT2D eigenvalue weighted by Gasteiger charge is -2.12. The molecule has 0 bridgehead atoms. The summed E-state index contributed by atoms with van der Waals surface area (Å²) in [7, 11) is 1.52. The molecule has 0 amide bonds. The first-order valence-electron chi connectivity index (χ1n) is 8.31. The second kappa shape index (κ2) is 9.65. The molecule has 0 heterocycles. The van der Waals surface area contributed by atoms with Gasteiger partial charge >= 0.3 is 5.97 Å². The third-order valence-electron chi connectivity index (χ3n) is 3.52. The molecule has 0 fully saturated rings. The van der Waals surface area contributed by atoms with Crippen molar-refractivity contribution in [2.24, 2.45) is 0 Å². The first-order chi connectivity index (χ1) is 12.9. The monoisotopic (exact) mass is 385 g/mol. The van der Waals surface area contributed by atoms with Gasteiger partial charge in [0.05, 0.1) is 13.2 Å². The van der Waals surface area contributed by atoms with Crippen molar-refractivity contribution in [2.45, 2.75) is 26.6 Å². The van der Waals surface area contributed by atoms with E-state index in [1.54, 1.807) is 38.1 Å². The zero-order valence-corrected chi connectivity index (χ0v) is 16.1. The zero-order chi connectivity index (χ0) is 19.8. The Morgan fingerprint density at radius 2 is 1.96 bits per heavy atom. The van der Waals surface area contributed by atoms with Crippen LogP contribution in [-0.4, -0.2) is 19.2 Å². The highest BCUT2D eigenvalue weighted by Crippen LogP contribution is 2.30. The van der Waals surface area contributed by atoms with E-state index in [1.807, 2.05) is 24.3 Å². The molecule has 0 unspecified atom stereocenters. The van der Waals surface area contributed by atoms with Crippen LogP contribution in [0.4, 0.5) is 0 Å². The summed E-state index contributed by atoms with van der Waals surface area (Å²) in [6, 6.07) is 14.4.